The number of piperidine rings is 1. The van der Waals surface area contributed by atoms with Crippen LogP contribution in [0.4, 0.5) is 5.69 Å². The molecule has 1 fully saturated rings. The zero-order chi connectivity index (χ0) is 16.8. The van der Waals surface area contributed by atoms with E-state index in [1.165, 1.54) is 6.07 Å². The van der Waals surface area contributed by atoms with Crippen molar-refractivity contribution in [2.75, 3.05) is 26.2 Å². The number of carboxylic acids is 1. The molecule has 1 saturated heterocycles. The van der Waals surface area contributed by atoms with Crippen LogP contribution in [0.3, 0.4) is 0 Å². The molecule has 1 aromatic carbocycles. The number of carbonyl (C=O) groups is 1. The van der Waals surface area contributed by atoms with Crippen molar-refractivity contribution in [2.45, 2.75) is 32.4 Å². The monoisotopic (exact) mass is 321 g/mol. The summed E-state index contributed by atoms with van der Waals surface area (Å²) in [5.74, 6) is -0.786. The van der Waals surface area contributed by atoms with E-state index < -0.39 is 5.97 Å². The summed E-state index contributed by atoms with van der Waals surface area (Å²) in [6, 6.07) is 7.04. The van der Waals surface area contributed by atoms with Gasteiger partial charge in [-0.1, -0.05) is 19.1 Å². The summed E-state index contributed by atoms with van der Waals surface area (Å²) in [6.45, 7) is 5.26. The van der Waals surface area contributed by atoms with Crippen LogP contribution in [-0.4, -0.2) is 58.0 Å². The molecule has 2 rings (SSSR count). The highest BCUT2D eigenvalue weighted by molar-refractivity contribution is 5.69. The Morgan fingerprint density at radius 1 is 1.43 bits per heavy atom. The number of hydrogen-bond acceptors (Lipinski definition) is 5. The van der Waals surface area contributed by atoms with E-state index in [1.807, 2.05) is 17.9 Å². The van der Waals surface area contributed by atoms with E-state index in [-0.39, 0.29) is 17.2 Å². The quantitative estimate of drug-likeness (QED) is 0.610. The number of likely N-dealkylation sites (N-methyl/N-ethyl adjacent to an activating group) is 1. The summed E-state index contributed by atoms with van der Waals surface area (Å²) in [4.78, 5) is 25.6. The molecule has 1 aromatic rings. The number of likely N-dealkylation sites (tertiary alicyclic amines) is 1. The summed E-state index contributed by atoms with van der Waals surface area (Å²) in [5, 5.41) is 19.8. The van der Waals surface area contributed by atoms with Gasteiger partial charge in [0.25, 0.3) is 5.69 Å². The number of rotatable bonds is 7. The fraction of sp³-hybridized carbons (Fsp3) is 0.562. The number of hydrogen-bond donors (Lipinski definition) is 1. The smallest absolute Gasteiger partial charge is 0.317 e. The molecular formula is C16H23N3O4. The second-order valence-electron chi connectivity index (χ2n) is 5.89. The summed E-state index contributed by atoms with van der Waals surface area (Å²) in [5.41, 5.74) is 1.06. The van der Waals surface area contributed by atoms with Crippen LogP contribution in [0.1, 0.15) is 25.3 Å². The van der Waals surface area contributed by atoms with E-state index in [0.29, 0.717) is 12.6 Å². The number of aliphatic carboxylic acids is 1. The molecule has 1 aliphatic heterocycles. The molecule has 0 unspecified atom stereocenters. The normalized spacial score (nSPS) is 16.6. The molecule has 1 N–H and O–H groups in total. The van der Waals surface area contributed by atoms with Gasteiger partial charge < -0.3 is 5.11 Å². The Morgan fingerprint density at radius 2 is 2.13 bits per heavy atom. The third-order valence-corrected chi connectivity index (χ3v) is 4.35. The van der Waals surface area contributed by atoms with E-state index in [0.717, 1.165) is 38.0 Å². The minimum absolute atomic E-state index is 0.0893. The van der Waals surface area contributed by atoms with Gasteiger partial charge in [-0.25, -0.2) is 0 Å². The van der Waals surface area contributed by atoms with Crippen molar-refractivity contribution in [3.8, 4) is 0 Å². The van der Waals surface area contributed by atoms with E-state index >= 15 is 0 Å². The molecule has 0 amide bonds. The van der Waals surface area contributed by atoms with Gasteiger partial charge in [0.2, 0.25) is 0 Å². The van der Waals surface area contributed by atoms with E-state index in [2.05, 4.69) is 4.90 Å². The fourth-order valence-corrected chi connectivity index (χ4v) is 3.14. The van der Waals surface area contributed by atoms with Gasteiger partial charge in [-0.3, -0.25) is 24.7 Å². The fourth-order valence-electron chi connectivity index (χ4n) is 3.14. The average Bonchev–Trinajstić information content (AvgIpc) is 2.53. The minimum atomic E-state index is -0.786. The van der Waals surface area contributed by atoms with Gasteiger partial charge in [0, 0.05) is 24.7 Å². The van der Waals surface area contributed by atoms with Gasteiger partial charge in [0.05, 0.1) is 11.5 Å². The second kappa shape index (κ2) is 8.03. The maximum absolute atomic E-state index is 10.9. The summed E-state index contributed by atoms with van der Waals surface area (Å²) in [7, 11) is 0. The van der Waals surface area contributed by atoms with Crippen molar-refractivity contribution in [2.24, 2.45) is 0 Å². The van der Waals surface area contributed by atoms with Gasteiger partial charge in [-0.15, -0.1) is 0 Å². The van der Waals surface area contributed by atoms with Gasteiger partial charge in [0.15, 0.2) is 0 Å². The van der Waals surface area contributed by atoms with Gasteiger partial charge in [-0.2, -0.15) is 0 Å². The molecule has 0 spiro atoms. The van der Waals surface area contributed by atoms with Crippen molar-refractivity contribution in [3.05, 3.63) is 39.9 Å². The van der Waals surface area contributed by atoms with Crippen LogP contribution in [0.15, 0.2) is 24.3 Å². The molecule has 1 aliphatic rings. The first-order valence-electron chi connectivity index (χ1n) is 7.91. The number of benzene rings is 1. The van der Waals surface area contributed by atoms with Crippen molar-refractivity contribution >= 4 is 11.7 Å². The number of carboxylic acid groups (broad SMARTS) is 1. The van der Waals surface area contributed by atoms with Crippen LogP contribution >= 0.6 is 0 Å². The van der Waals surface area contributed by atoms with Crippen LogP contribution < -0.4 is 0 Å². The lowest BCUT2D eigenvalue weighted by molar-refractivity contribution is -0.384. The highest BCUT2D eigenvalue weighted by atomic mass is 16.6. The lowest BCUT2D eigenvalue weighted by Crippen LogP contribution is -2.46. The maximum Gasteiger partial charge on any atom is 0.317 e. The Morgan fingerprint density at radius 3 is 2.70 bits per heavy atom. The number of non-ortho nitro benzene ring substituents is 1. The van der Waals surface area contributed by atoms with E-state index in [1.54, 1.807) is 12.1 Å². The van der Waals surface area contributed by atoms with Gasteiger partial charge in [-0.05, 0) is 38.0 Å². The molecule has 0 saturated carbocycles. The van der Waals surface area contributed by atoms with Gasteiger partial charge >= 0.3 is 5.97 Å². The van der Waals surface area contributed by atoms with Crippen molar-refractivity contribution in [1.29, 1.82) is 0 Å². The highest BCUT2D eigenvalue weighted by Crippen LogP contribution is 2.20. The molecule has 0 atom stereocenters. The summed E-state index contributed by atoms with van der Waals surface area (Å²) >= 11 is 0. The molecule has 0 bridgehead atoms. The molecule has 0 radical (unpaired) electrons. The highest BCUT2D eigenvalue weighted by Gasteiger charge is 2.25. The third kappa shape index (κ3) is 5.01. The van der Waals surface area contributed by atoms with Crippen molar-refractivity contribution < 1.29 is 14.8 Å². The van der Waals surface area contributed by atoms with Crippen LogP contribution in [0, 0.1) is 10.1 Å². The maximum atomic E-state index is 10.9. The zero-order valence-electron chi connectivity index (χ0n) is 13.4. The van der Waals surface area contributed by atoms with Crippen molar-refractivity contribution in [1.82, 2.24) is 9.80 Å². The topological polar surface area (TPSA) is 86.9 Å². The first-order valence-corrected chi connectivity index (χ1v) is 7.91. The lowest BCUT2D eigenvalue weighted by Gasteiger charge is -2.37. The van der Waals surface area contributed by atoms with Crippen LogP contribution in [0.25, 0.3) is 0 Å². The standard InChI is InChI=1S/C16H23N3O4/c1-2-18(12-16(20)21)14-6-8-17(9-7-14)11-13-4-3-5-15(10-13)19(22)23/h3-5,10,14H,2,6-9,11-12H2,1H3,(H,20,21). The number of nitrogens with zero attached hydrogens (tertiary/aromatic N) is 3. The molecule has 126 valence electrons. The molecule has 0 aromatic heterocycles. The first kappa shape index (κ1) is 17.4. The van der Waals surface area contributed by atoms with Crippen molar-refractivity contribution in [3.63, 3.8) is 0 Å². The predicted octanol–water partition coefficient (Wildman–Crippen LogP) is 1.97. The summed E-state index contributed by atoms with van der Waals surface area (Å²) < 4.78 is 0. The lowest BCUT2D eigenvalue weighted by atomic mass is 10.0. The van der Waals surface area contributed by atoms with Crippen LogP contribution in [0.2, 0.25) is 0 Å². The number of nitro benzene ring substituents is 1. The van der Waals surface area contributed by atoms with E-state index in [4.69, 9.17) is 5.11 Å². The number of nitro groups is 1. The Bertz CT molecular complexity index is 556. The second-order valence-corrected chi connectivity index (χ2v) is 5.89. The Labute approximate surface area is 135 Å². The largest absolute Gasteiger partial charge is 0.480 e. The Hall–Kier alpha value is -1.99. The summed E-state index contributed by atoms with van der Waals surface area (Å²) in [6.07, 6.45) is 1.85. The van der Waals surface area contributed by atoms with E-state index in [9.17, 15) is 14.9 Å². The minimum Gasteiger partial charge on any atom is -0.480 e. The Kier molecular flexibility index (Phi) is 6.06. The molecule has 1 heterocycles. The average molecular weight is 321 g/mol. The molecule has 23 heavy (non-hydrogen) atoms. The SMILES string of the molecule is CCN(CC(=O)O)C1CCN(Cc2cccc([N+](=O)[O-])c2)CC1. The molecule has 0 aliphatic carbocycles. The predicted molar refractivity (Wildman–Crippen MR) is 86.3 cm³/mol. The van der Waals surface area contributed by atoms with Crippen LogP contribution in [-0.2, 0) is 11.3 Å². The van der Waals surface area contributed by atoms with Gasteiger partial charge in [0.1, 0.15) is 0 Å². The molecular weight excluding hydrogens is 298 g/mol. The Balaban J connectivity index is 1.88. The van der Waals surface area contributed by atoms with Crippen LogP contribution in [0.5, 0.6) is 0 Å². The molecule has 7 heteroatoms. The first-order chi connectivity index (χ1) is 11.0. The third-order valence-electron chi connectivity index (χ3n) is 4.35. The zero-order valence-corrected chi connectivity index (χ0v) is 13.4. The molecule has 7 nitrogen and oxygen atoms in total.